The van der Waals surface area contributed by atoms with Crippen LogP contribution in [0.25, 0.3) is 71.6 Å². The van der Waals surface area contributed by atoms with Gasteiger partial charge in [0.2, 0.25) is 0 Å². The van der Waals surface area contributed by atoms with Crippen LogP contribution in [0.4, 0.5) is 0 Å². The fourth-order valence-electron chi connectivity index (χ4n) is 8.77. The molecule has 2 atom stereocenters. The summed E-state index contributed by atoms with van der Waals surface area (Å²) < 4.78 is 0. The zero-order valence-corrected chi connectivity index (χ0v) is 29.1. The summed E-state index contributed by atoms with van der Waals surface area (Å²) in [6.45, 7) is 19.7. The lowest BCUT2D eigenvalue weighted by Crippen LogP contribution is -2.46. The van der Waals surface area contributed by atoms with E-state index in [-0.39, 0.29) is 5.92 Å². The van der Waals surface area contributed by atoms with Crippen LogP contribution in [0.15, 0.2) is 159 Å². The van der Waals surface area contributed by atoms with Crippen molar-refractivity contribution in [2.24, 2.45) is 11.8 Å². The van der Waals surface area contributed by atoms with Gasteiger partial charge < -0.3 is 0 Å². The van der Waals surface area contributed by atoms with Crippen molar-refractivity contribution >= 4 is 60.4 Å². The summed E-state index contributed by atoms with van der Waals surface area (Å²) in [7, 11) is 0. The van der Waals surface area contributed by atoms with Crippen LogP contribution in [0, 0.1) is 11.8 Å². The van der Waals surface area contributed by atoms with Crippen molar-refractivity contribution in [3.05, 3.63) is 181 Å². The first-order valence-electron chi connectivity index (χ1n) is 17.6. The third kappa shape index (κ3) is 4.80. The third-order valence-electron chi connectivity index (χ3n) is 10.9. The topological polar surface area (TPSA) is 12.9 Å². The maximum absolute atomic E-state index is 5.69. The number of aromatic nitrogens is 1. The molecule has 242 valence electrons. The van der Waals surface area contributed by atoms with E-state index in [1.807, 2.05) is 12.2 Å². The SMILES string of the molecule is C=C/C=C(\C=C)c1cc(C2(C)C=c3ccccc3=C(C=C)C2C(C)C)nc2c1cc(-c1cc3ccccc3c3ccccc13)c1ccccc12. The third-order valence-corrected chi connectivity index (χ3v) is 10.9. The summed E-state index contributed by atoms with van der Waals surface area (Å²) in [6, 6.07) is 42.0. The van der Waals surface area contributed by atoms with E-state index in [1.165, 1.54) is 54.1 Å². The van der Waals surface area contributed by atoms with Gasteiger partial charge in [-0.25, -0.2) is 0 Å². The highest BCUT2D eigenvalue weighted by atomic mass is 14.7. The molecule has 0 N–H and O–H groups in total. The second kappa shape index (κ2) is 12.3. The van der Waals surface area contributed by atoms with Gasteiger partial charge in [0.15, 0.2) is 0 Å². The Hall–Kier alpha value is -5.79. The Labute approximate surface area is 294 Å². The van der Waals surface area contributed by atoms with Crippen LogP contribution in [0.5, 0.6) is 0 Å². The lowest BCUT2D eigenvalue weighted by molar-refractivity contribution is 0.351. The van der Waals surface area contributed by atoms with E-state index in [9.17, 15) is 0 Å². The number of allylic oxidation sites excluding steroid dienone is 5. The van der Waals surface area contributed by atoms with Crippen LogP contribution in [-0.2, 0) is 5.41 Å². The first kappa shape index (κ1) is 31.5. The lowest BCUT2D eigenvalue weighted by atomic mass is 9.63. The fourth-order valence-corrected chi connectivity index (χ4v) is 8.77. The minimum atomic E-state index is -0.399. The van der Waals surface area contributed by atoms with Crippen LogP contribution >= 0.6 is 0 Å². The van der Waals surface area contributed by atoms with E-state index < -0.39 is 5.41 Å². The molecular weight excluding hydrogens is 603 g/mol. The average molecular weight is 644 g/mol. The molecule has 1 nitrogen and oxygen atoms in total. The molecule has 0 aliphatic heterocycles. The molecule has 1 aliphatic carbocycles. The number of nitrogens with zero attached hydrogens (tertiary/aromatic N) is 1. The quantitative estimate of drug-likeness (QED) is 0.124. The number of benzene rings is 6. The number of hydrogen-bond acceptors (Lipinski definition) is 1. The highest BCUT2D eigenvalue weighted by Gasteiger charge is 2.41. The molecular formula is C49H41N. The Morgan fingerprint density at radius 1 is 0.700 bits per heavy atom. The van der Waals surface area contributed by atoms with Gasteiger partial charge in [0.05, 0.1) is 11.2 Å². The summed E-state index contributed by atoms with van der Waals surface area (Å²) in [5.41, 5.74) is 7.45. The van der Waals surface area contributed by atoms with Gasteiger partial charge in [0.1, 0.15) is 0 Å². The lowest BCUT2D eigenvalue weighted by Gasteiger charge is -2.41. The van der Waals surface area contributed by atoms with Crippen LogP contribution in [0.2, 0.25) is 0 Å². The Kier molecular flexibility index (Phi) is 7.72. The smallest absolute Gasteiger partial charge is 0.0790 e. The molecule has 0 spiro atoms. The highest BCUT2D eigenvalue weighted by Crippen LogP contribution is 2.47. The number of hydrogen-bond donors (Lipinski definition) is 0. The minimum absolute atomic E-state index is 0.178. The highest BCUT2D eigenvalue weighted by molar-refractivity contribution is 6.20. The molecule has 0 radical (unpaired) electrons. The van der Waals surface area contributed by atoms with Gasteiger partial charge in [-0.15, -0.1) is 0 Å². The zero-order chi connectivity index (χ0) is 34.6. The van der Waals surface area contributed by atoms with Gasteiger partial charge in [0, 0.05) is 22.1 Å². The largest absolute Gasteiger partial charge is 0.251 e. The standard InChI is InChI=1S/C49H41N/c1-7-18-32(8-2)42-29-46(49(6)30-34-20-11-13-22-37(34)35(9-3)47(49)31(4)5)50-48-41-26-17-16-25-40(41)44(28-45(42)48)43-27-33-19-10-12-21-36(33)38-23-14-15-24-39(38)43/h7-31,47H,1-3H2,4-6H3/b32-18+. The predicted octanol–water partition coefficient (Wildman–Crippen LogP) is 11.5. The molecule has 0 saturated heterocycles. The van der Waals surface area contributed by atoms with Crippen molar-refractivity contribution in [1.82, 2.24) is 4.98 Å². The molecule has 6 aromatic carbocycles. The van der Waals surface area contributed by atoms with Gasteiger partial charge >= 0.3 is 0 Å². The number of pyridine rings is 1. The van der Waals surface area contributed by atoms with Crippen molar-refractivity contribution < 1.29 is 0 Å². The van der Waals surface area contributed by atoms with Crippen molar-refractivity contribution in [2.45, 2.75) is 26.2 Å². The van der Waals surface area contributed by atoms with Crippen molar-refractivity contribution in [2.75, 3.05) is 0 Å². The Morgan fingerprint density at radius 2 is 1.32 bits per heavy atom. The molecule has 0 bridgehead atoms. The predicted molar refractivity (Wildman–Crippen MR) is 218 cm³/mol. The summed E-state index contributed by atoms with van der Waals surface area (Å²) in [5, 5.41) is 10.9. The average Bonchev–Trinajstić information content (AvgIpc) is 3.15. The molecule has 8 rings (SSSR count). The second-order valence-electron chi connectivity index (χ2n) is 14.1. The van der Waals surface area contributed by atoms with Crippen molar-refractivity contribution in [3.8, 4) is 11.1 Å². The Bertz CT molecular complexity index is 2700. The van der Waals surface area contributed by atoms with E-state index >= 15 is 0 Å². The van der Waals surface area contributed by atoms with E-state index in [0.717, 1.165) is 33.1 Å². The summed E-state index contributed by atoms with van der Waals surface area (Å²) in [4.78, 5) is 5.69. The number of rotatable bonds is 7. The molecule has 1 heteroatoms. The Morgan fingerprint density at radius 3 is 2.02 bits per heavy atom. The van der Waals surface area contributed by atoms with Crippen molar-refractivity contribution in [1.29, 1.82) is 0 Å². The molecule has 0 fully saturated rings. The zero-order valence-electron chi connectivity index (χ0n) is 29.1. The summed E-state index contributed by atoms with van der Waals surface area (Å²) in [6.07, 6.45) is 10.4. The maximum Gasteiger partial charge on any atom is 0.0790 e. The molecule has 7 aromatic rings. The van der Waals surface area contributed by atoms with E-state index in [4.69, 9.17) is 4.98 Å². The van der Waals surface area contributed by atoms with Crippen LogP contribution in [0.1, 0.15) is 32.0 Å². The first-order chi connectivity index (χ1) is 24.4. The fraction of sp³-hybridized carbons (Fsp3) is 0.122. The van der Waals surface area contributed by atoms with Gasteiger partial charge in [-0.1, -0.05) is 161 Å². The number of fused-ring (bicyclic) bond motifs is 7. The van der Waals surface area contributed by atoms with Gasteiger partial charge in [-0.3, -0.25) is 4.98 Å². The molecule has 0 saturated carbocycles. The first-order valence-corrected chi connectivity index (χ1v) is 17.6. The molecule has 2 unspecified atom stereocenters. The summed E-state index contributed by atoms with van der Waals surface area (Å²) >= 11 is 0. The van der Waals surface area contributed by atoms with Crippen LogP contribution < -0.4 is 10.4 Å². The molecule has 1 heterocycles. The monoisotopic (exact) mass is 643 g/mol. The molecule has 1 aromatic heterocycles. The van der Waals surface area contributed by atoms with E-state index in [2.05, 4.69) is 174 Å². The van der Waals surface area contributed by atoms with E-state index in [1.54, 1.807) is 0 Å². The normalized spacial score (nSPS) is 17.6. The summed E-state index contributed by atoms with van der Waals surface area (Å²) in [5.74, 6) is 0.527. The van der Waals surface area contributed by atoms with E-state index in [0.29, 0.717) is 5.92 Å². The van der Waals surface area contributed by atoms with Crippen molar-refractivity contribution in [3.63, 3.8) is 0 Å². The van der Waals surface area contributed by atoms with Gasteiger partial charge in [0.25, 0.3) is 0 Å². The maximum atomic E-state index is 5.69. The second-order valence-corrected chi connectivity index (χ2v) is 14.1. The van der Waals surface area contributed by atoms with Crippen LogP contribution in [-0.4, -0.2) is 4.98 Å². The molecule has 50 heavy (non-hydrogen) atoms. The molecule has 1 aliphatic rings. The Balaban J connectivity index is 1.51. The van der Waals surface area contributed by atoms with Gasteiger partial charge in [-0.05, 0) is 96.2 Å². The molecule has 0 amide bonds. The van der Waals surface area contributed by atoms with Gasteiger partial charge in [-0.2, -0.15) is 0 Å². The minimum Gasteiger partial charge on any atom is -0.251 e. The van der Waals surface area contributed by atoms with Crippen LogP contribution in [0.3, 0.4) is 0 Å².